The van der Waals surface area contributed by atoms with Gasteiger partial charge in [-0.3, -0.25) is 0 Å². The second-order valence-electron chi connectivity index (χ2n) is 7.23. The molecule has 1 aliphatic heterocycles. The Bertz CT molecular complexity index is 1430. The van der Waals surface area contributed by atoms with Gasteiger partial charge in [-0.25, -0.2) is 18.1 Å². The molecule has 0 radical (unpaired) electrons. The lowest BCUT2D eigenvalue weighted by molar-refractivity contribution is 0.483. The second kappa shape index (κ2) is 8.90. The van der Waals surface area contributed by atoms with E-state index < -0.39 is 10.0 Å². The average molecular weight is 496 g/mol. The third-order valence-corrected chi connectivity index (χ3v) is 7.60. The standard InChI is InChI=1S/C24H18ClN3O3S2/c25-18-5-1-2-6-19(18)31-20-7-3-9-22-23(20)27-24(28-33(22,29)30)26-15-16-10-12-17(13-11-16)21-8-4-14-32-21/h1-14H,15H2,(H2,26,27,28). The molecule has 3 aromatic carbocycles. The van der Waals surface area contributed by atoms with E-state index in [1.54, 1.807) is 47.7 Å². The number of rotatable bonds is 5. The number of thiophene rings is 1. The fourth-order valence-electron chi connectivity index (χ4n) is 3.37. The van der Waals surface area contributed by atoms with Crippen molar-refractivity contribution in [1.82, 2.24) is 4.72 Å². The molecule has 1 aromatic heterocycles. The van der Waals surface area contributed by atoms with Gasteiger partial charge in [0.15, 0.2) is 5.75 Å². The third-order valence-electron chi connectivity index (χ3n) is 4.99. The zero-order chi connectivity index (χ0) is 22.8. The quantitative estimate of drug-likeness (QED) is 0.349. The van der Waals surface area contributed by atoms with Gasteiger partial charge >= 0.3 is 0 Å². The molecule has 6 nitrogen and oxygen atoms in total. The van der Waals surface area contributed by atoms with Gasteiger partial charge in [0.2, 0.25) is 5.96 Å². The van der Waals surface area contributed by atoms with Crippen molar-refractivity contribution in [2.24, 2.45) is 4.99 Å². The Labute approximate surface area is 200 Å². The predicted octanol–water partition coefficient (Wildman–Crippen LogP) is 6.12. The number of fused-ring (bicyclic) bond motifs is 1. The average Bonchev–Trinajstić information content (AvgIpc) is 3.35. The zero-order valence-electron chi connectivity index (χ0n) is 17.2. The van der Waals surface area contributed by atoms with Crippen LogP contribution in [0.15, 0.2) is 94.1 Å². The molecule has 4 aromatic rings. The predicted molar refractivity (Wildman–Crippen MR) is 133 cm³/mol. The molecule has 0 fully saturated rings. The monoisotopic (exact) mass is 495 g/mol. The summed E-state index contributed by atoms with van der Waals surface area (Å²) in [5.41, 5.74) is 2.39. The molecule has 33 heavy (non-hydrogen) atoms. The van der Waals surface area contributed by atoms with Crippen molar-refractivity contribution in [3.63, 3.8) is 0 Å². The number of ether oxygens (including phenoxy) is 1. The summed E-state index contributed by atoms with van der Waals surface area (Å²) in [6.07, 6.45) is 0. The molecule has 2 heterocycles. The maximum Gasteiger partial charge on any atom is 0.266 e. The van der Waals surface area contributed by atoms with Crippen molar-refractivity contribution in [1.29, 1.82) is 0 Å². The lowest BCUT2D eigenvalue weighted by Gasteiger charge is -2.23. The van der Waals surface area contributed by atoms with E-state index in [0.29, 0.717) is 28.8 Å². The van der Waals surface area contributed by atoms with Crippen LogP contribution in [0.25, 0.3) is 10.4 Å². The summed E-state index contributed by atoms with van der Waals surface area (Å²) in [5.74, 6) is 0.883. The first-order valence-electron chi connectivity index (χ1n) is 10.0. The van der Waals surface area contributed by atoms with E-state index in [1.807, 2.05) is 35.7 Å². The Morgan fingerprint density at radius 1 is 0.909 bits per heavy atom. The van der Waals surface area contributed by atoms with Gasteiger partial charge in [0.05, 0.1) is 11.6 Å². The van der Waals surface area contributed by atoms with Crippen molar-refractivity contribution in [3.8, 4) is 21.9 Å². The number of para-hydroxylation sites is 2. The summed E-state index contributed by atoms with van der Waals surface area (Å²) in [5, 5.41) is 5.52. The van der Waals surface area contributed by atoms with Crippen LogP contribution in [0.5, 0.6) is 11.5 Å². The van der Waals surface area contributed by atoms with E-state index in [1.165, 1.54) is 10.9 Å². The number of hydrogen-bond donors (Lipinski definition) is 2. The lowest BCUT2D eigenvalue weighted by Crippen LogP contribution is -2.40. The Hall–Kier alpha value is -3.33. The van der Waals surface area contributed by atoms with E-state index in [2.05, 4.69) is 21.1 Å². The van der Waals surface area contributed by atoms with Crippen molar-refractivity contribution >= 4 is 44.6 Å². The third kappa shape index (κ3) is 4.59. The molecular weight excluding hydrogens is 478 g/mol. The maximum atomic E-state index is 12.8. The topological polar surface area (TPSA) is 79.8 Å². The fraction of sp³-hybridized carbons (Fsp3) is 0.0417. The molecule has 0 saturated heterocycles. The van der Waals surface area contributed by atoms with Gasteiger partial charge in [-0.05, 0) is 46.8 Å². The molecule has 1 aliphatic rings. The Kier molecular flexibility index (Phi) is 5.80. The molecule has 166 valence electrons. The Morgan fingerprint density at radius 2 is 1.70 bits per heavy atom. The lowest BCUT2D eigenvalue weighted by atomic mass is 10.1. The second-order valence-corrected chi connectivity index (χ2v) is 10.2. The van der Waals surface area contributed by atoms with Gasteiger partial charge in [-0.1, -0.05) is 60.1 Å². The minimum absolute atomic E-state index is 0.0753. The Morgan fingerprint density at radius 3 is 2.45 bits per heavy atom. The van der Waals surface area contributed by atoms with Gasteiger partial charge in [-0.15, -0.1) is 11.3 Å². The first-order chi connectivity index (χ1) is 16.0. The number of hydrogen-bond acceptors (Lipinski definition) is 5. The molecule has 2 N–H and O–H groups in total. The van der Waals surface area contributed by atoms with Gasteiger partial charge < -0.3 is 10.1 Å². The summed E-state index contributed by atoms with van der Waals surface area (Å²) < 4.78 is 34.1. The summed E-state index contributed by atoms with van der Waals surface area (Å²) in [6.45, 7) is 0.304. The van der Waals surface area contributed by atoms with Crippen LogP contribution >= 0.6 is 22.9 Å². The number of guanidine groups is 1. The van der Waals surface area contributed by atoms with Crippen LogP contribution in [0.1, 0.15) is 5.56 Å². The van der Waals surface area contributed by atoms with Crippen LogP contribution in [0.4, 0.5) is 5.69 Å². The number of sulfonamides is 1. The molecule has 0 atom stereocenters. The number of nitrogens with one attached hydrogen (secondary N) is 2. The first kappa shape index (κ1) is 21.5. The van der Waals surface area contributed by atoms with Crippen LogP contribution < -0.4 is 14.8 Å². The molecule has 0 amide bonds. The number of anilines is 1. The molecule has 0 saturated carbocycles. The summed E-state index contributed by atoms with van der Waals surface area (Å²) >= 11 is 7.88. The van der Waals surface area contributed by atoms with Crippen LogP contribution in [-0.4, -0.2) is 14.4 Å². The van der Waals surface area contributed by atoms with E-state index in [4.69, 9.17) is 16.3 Å². The van der Waals surface area contributed by atoms with E-state index in [0.717, 1.165) is 11.1 Å². The van der Waals surface area contributed by atoms with E-state index >= 15 is 0 Å². The normalized spacial score (nSPS) is 15.4. The smallest absolute Gasteiger partial charge is 0.266 e. The van der Waals surface area contributed by atoms with Crippen molar-refractivity contribution in [3.05, 3.63) is 94.8 Å². The Balaban J connectivity index is 1.40. The highest BCUT2D eigenvalue weighted by molar-refractivity contribution is 7.90. The SMILES string of the molecule is O=S1(=O)NC(=NCc2ccc(-c3cccs3)cc2)Nc2c(Oc3ccccc3Cl)cccc21. The molecule has 0 spiro atoms. The largest absolute Gasteiger partial charge is 0.454 e. The van der Waals surface area contributed by atoms with Gasteiger partial charge in [0.25, 0.3) is 10.0 Å². The first-order valence-corrected chi connectivity index (χ1v) is 12.8. The molecule has 0 bridgehead atoms. The van der Waals surface area contributed by atoms with Gasteiger partial charge in [-0.2, -0.15) is 0 Å². The highest BCUT2D eigenvalue weighted by Gasteiger charge is 2.29. The molecule has 5 rings (SSSR count). The molecular formula is C24H18ClN3O3S2. The van der Waals surface area contributed by atoms with Crippen LogP contribution in [-0.2, 0) is 16.6 Å². The number of aliphatic imine (C=N–C) groups is 1. The fourth-order valence-corrected chi connectivity index (χ4v) is 5.44. The summed E-state index contributed by atoms with van der Waals surface area (Å²) in [7, 11) is -3.81. The molecule has 9 heteroatoms. The molecule has 0 unspecified atom stereocenters. The minimum atomic E-state index is -3.81. The van der Waals surface area contributed by atoms with Crippen LogP contribution in [0.3, 0.4) is 0 Å². The minimum Gasteiger partial charge on any atom is -0.454 e. The van der Waals surface area contributed by atoms with Gasteiger partial charge in [0, 0.05) is 4.88 Å². The van der Waals surface area contributed by atoms with Gasteiger partial charge in [0.1, 0.15) is 16.3 Å². The van der Waals surface area contributed by atoms with Crippen LogP contribution in [0.2, 0.25) is 5.02 Å². The number of benzene rings is 3. The summed E-state index contributed by atoms with van der Waals surface area (Å²) in [4.78, 5) is 5.71. The van der Waals surface area contributed by atoms with Crippen molar-refractivity contribution in [2.45, 2.75) is 11.4 Å². The number of halogens is 1. The van der Waals surface area contributed by atoms with E-state index in [-0.39, 0.29) is 10.9 Å². The molecule has 0 aliphatic carbocycles. The zero-order valence-corrected chi connectivity index (χ0v) is 19.5. The summed E-state index contributed by atoms with van der Waals surface area (Å²) in [6, 6.07) is 23.9. The van der Waals surface area contributed by atoms with E-state index in [9.17, 15) is 8.42 Å². The van der Waals surface area contributed by atoms with Crippen molar-refractivity contribution < 1.29 is 13.2 Å². The maximum absolute atomic E-state index is 12.8. The highest BCUT2D eigenvalue weighted by Crippen LogP contribution is 2.38. The van der Waals surface area contributed by atoms with Crippen molar-refractivity contribution in [2.75, 3.05) is 5.32 Å². The highest BCUT2D eigenvalue weighted by atomic mass is 35.5. The number of nitrogens with zero attached hydrogens (tertiary/aromatic N) is 1. The van der Waals surface area contributed by atoms with Crippen LogP contribution in [0, 0.1) is 0 Å².